The molecule has 1 saturated heterocycles. The summed E-state index contributed by atoms with van der Waals surface area (Å²) in [6, 6.07) is 11.9. The van der Waals surface area contributed by atoms with Gasteiger partial charge in [0, 0.05) is 42.7 Å². The molecule has 5 heterocycles. The van der Waals surface area contributed by atoms with Gasteiger partial charge in [0.05, 0.1) is 17.4 Å². The first-order valence-corrected chi connectivity index (χ1v) is 14.4. The molecule has 2 unspecified atom stereocenters. The second-order valence-electron chi connectivity index (χ2n) is 10.4. The lowest BCUT2D eigenvalue weighted by molar-refractivity contribution is -0.129. The minimum absolute atomic E-state index is 0.137. The van der Waals surface area contributed by atoms with Gasteiger partial charge in [0.15, 0.2) is 0 Å². The van der Waals surface area contributed by atoms with Crippen molar-refractivity contribution >= 4 is 41.0 Å². The third-order valence-electron chi connectivity index (χ3n) is 7.51. The van der Waals surface area contributed by atoms with Crippen molar-refractivity contribution in [1.29, 1.82) is 0 Å². The van der Waals surface area contributed by atoms with E-state index in [9.17, 15) is 14.4 Å². The molecule has 0 radical (unpaired) electrons. The summed E-state index contributed by atoms with van der Waals surface area (Å²) in [5.41, 5.74) is 3.92. The fourth-order valence-corrected chi connectivity index (χ4v) is 6.85. The van der Waals surface area contributed by atoms with E-state index in [1.165, 1.54) is 17.8 Å². The molecule has 11 heteroatoms. The maximum atomic E-state index is 13.6. The maximum absolute atomic E-state index is 13.6. The Morgan fingerprint density at radius 1 is 1.20 bits per heavy atom. The van der Waals surface area contributed by atoms with Crippen LogP contribution in [0.15, 0.2) is 66.3 Å². The molecule has 3 aliphatic rings. The van der Waals surface area contributed by atoms with Gasteiger partial charge < -0.3 is 20.3 Å². The summed E-state index contributed by atoms with van der Waals surface area (Å²) in [6.45, 7) is 8.48. The van der Waals surface area contributed by atoms with Crippen LogP contribution in [0, 0.1) is 13.8 Å². The fraction of sp³-hybridized carbons (Fsp3) is 0.300. The van der Waals surface area contributed by atoms with Crippen molar-refractivity contribution in [3.63, 3.8) is 0 Å². The largest absolute Gasteiger partial charge is 0.439 e. The number of piperidine rings is 1. The van der Waals surface area contributed by atoms with Crippen molar-refractivity contribution < 1.29 is 19.1 Å². The third kappa shape index (κ3) is 5.13. The number of carbonyl (C=O) groups is 3. The minimum Gasteiger partial charge on any atom is -0.439 e. The van der Waals surface area contributed by atoms with Gasteiger partial charge in [-0.25, -0.2) is 14.8 Å². The molecule has 0 spiro atoms. The monoisotopic (exact) mass is 570 g/mol. The van der Waals surface area contributed by atoms with Crippen LogP contribution in [0.25, 0.3) is 0 Å². The number of nitrogens with zero attached hydrogens (tertiary/aromatic N) is 4. The van der Waals surface area contributed by atoms with Gasteiger partial charge in [-0.1, -0.05) is 24.4 Å². The Morgan fingerprint density at radius 3 is 2.83 bits per heavy atom. The molecule has 3 atom stereocenters. The van der Waals surface area contributed by atoms with E-state index in [0.717, 1.165) is 29.7 Å². The number of pyridine rings is 2. The molecular weight excluding hydrogens is 540 g/mol. The second-order valence-corrected chi connectivity index (χ2v) is 11.5. The van der Waals surface area contributed by atoms with Crippen molar-refractivity contribution in [2.45, 2.75) is 49.0 Å². The van der Waals surface area contributed by atoms with Crippen molar-refractivity contribution in [1.82, 2.24) is 25.5 Å². The summed E-state index contributed by atoms with van der Waals surface area (Å²) in [5, 5.41) is 6.31. The smallest absolute Gasteiger partial charge is 0.327 e. The SMILES string of the molecule is C=CC(=O)N1CCCC(NC(=O)[C@@H]2Sc3nccc4c3C2NC(=O)N4c2ccc(Oc3cccc(C)n3)cc2C)C1. The number of urea groups is 1. The molecule has 3 aliphatic heterocycles. The Hall–Kier alpha value is -4.38. The van der Waals surface area contributed by atoms with Gasteiger partial charge in [-0.15, -0.1) is 0 Å². The molecule has 6 rings (SSSR count). The lowest BCUT2D eigenvalue weighted by atomic mass is 9.98. The average molecular weight is 571 g/mol. The maximum Gasteiger partial charge on any atom is 0.327 e. The van der Waals surface area contributed by atoms with Crippen molar-refractivity contribution in [3.8, 4) is 11.6 Å². The number of hydrogen-bond acceptors (Lipinski definition) is 7. The molecule has 10 nitrogen and oxygen atoms in total. The molecule has 2 N–H and O–H groups in total. The summed E-state index contributed by atoms with van der Waals surface area (Å²) in [6.07, 6.45) is 4.55. The van der Waals surface area contributed by atoms with E-state index >= 15 is 0 Å². The summed E-state index contributed by atoms with van der Waals surface area (Å²) >= 11 is 1.35. The topological polar surface area (TPSA) is 117 Å². The quantitative estimate of drug-likeness (QED) is 0.418. The van der Waals surface area contributed by atoms with E-state index in [-0.39, 0.29) is 23.9 Å². The molecule has 0 bridgehead atoms. The van der Waals surface area contributed by atoms with Crippen LogP contribution in [-0.4, -0.2) is 57.1 Å². The number of aryl methyl sites for hydroxylation is 2. The molecule has 1 aromatic carbocycles. The van der Waals surface area contributed by atoms with Gasteiger partial charge in [-0.05, 0) is 68.7 Å². The van der Waals surface area contributed by atoms with Crippen LogP contribution in [-0.2, 0) is 9.59 Å². The Kier molecular flexibility index (Phi) is 7.12. The van der Waals surface area contributed by atoms with E-state index in [4.69, 9.17) is 4.74 Å². The van der Waals surface area contributed by atoms with Gasteiger partial charge in [0.2, 0.25) is 17.7 Å². The average Bonchev–Trinajstić information content (AvgIpc) is 3.33. The van der Waals surface area contributed by atoms with Gasteiger partial charge in [0.1, 0.15) is 16.0 Å². The molecular formula is C30H30N6O4S. The van der Waals surface area contributed by atoms with E-state index in [1.807, 2.05) is 50.2 Å². The molecule has 2 aromatic heterocycles. The number of aromatic nitrogens is 2. The van der Waals surface area contributed by atoms with Crippen LogP contribution < -0.4 is 20.3 Å². The summed E-state index contributed by atoms with van der Waals surface area (Å²) < 4.78 is 5.94. The number of thioether (sulfide) groups is 1. The molecule has 0 aliphatic carbocycles. The Labute approximate surface area is 242 Å². The van der Waals surface area contributed by atoms with Crippen molar-refractivity contribution in [2.75, 3.05) is 18.0 Å². The number of nitrogens with one attached hydrogen (secondary N) is 2. The van der Waals surface area contributed by atoms with Crippen LogP contribution in [0.5, 0.6) is 11.6 Å². The second kappa shape index (κ2) is 10.9. The first-order valence-electron chi connectivity index (χ1n) is 13.5. The minimum atomic E-state index is -0.575. The normalized spacial score (nSPS) is 21.1. The molecule has 41 heavy (non-hydrogen) atoms. The zero-order chi connectivity index (χ0) is 28.7. The number of likely N-dealkylation sites (tertiary alicyclic amines) is 1. The van der Waals surface area contributed by atoms with E-state index in [2.05, 4.69) is 27.2 Å². The number of benzene rings is 1. The van der Waals surface area contributed by atoms with Crippen molar-refractivity contribution in [3.05, 3.63) is 78.1 Å². The number of ether oxygens (including phenoxy) is 1. The highest BCUT2D eigenvalue weighted by Gasteiger charge is 2.47. The third-order valence-corrected chi connectivity index (χ3v) is 8.80. The Bertz CT molecular complexity index is 1560. The first-order chi connectivity index (χ1) is 19.8. The summed E-state index contributed by atoms with van der Waals surface area (Å²) in [7, 11) is 0. The Balaban J connectivity index is 1.22. The predicted octanol–water partition coefficient (Wildman–Crippen LogP) is 4.56. The van der Waals surface area contributed by atoms with Gasteiger partial charge >= 0.3 is 6.03 Å². The zero-order valence-corrected chi connectivity index (χ0v) is 23.6. The first kappa shape index (κ1) is 26.8. The number of hydrogen-bond donors (Lipinski definition) is 2. The number of carbonyl (C=O) groups excluding carboxylic acids is 3. The lowest BCUT2D eigenvalue weighted by Gasteiger charge is -2.36. The van der Waals surface area contributed by atoms with E-state index in [1.54, 1.807) is 22.1 Å². The van der Waals surface area contributed by atoms with Crippen molar-refractivity contribution in [2.24, 2.45) is 0 Å². The highest BCUT2D eigenvalue weighted by Crippen LogP contribution is 2.51. The van der Waals surface area contributed by atoms with Gasteiger partial charge in [0.25, 0.3) is 0 Å². The molecule has 210 valence electrons. The fourth-order valence-electron chi connectivity index (χ4n) is 5.61. The zero-order valence-electron chi connectivity index (χ0n) is 22.8. The van der Waals surface area contributed by atoms with Crippen LogP contribution in [0.4, 0.5) is 16.2 Å². The predicted molar refractivity (Wildman–Crippen MR) is 155 cm³/mol. The van der Waals surface area contributed by atoms with Gasteiger partial charge in [-0.3, -0.25) is 14.5 Å². The van der Waals surface area contributed by atoms with E-state index in [0.29, 0.717) is 41.1 Å². The highest BCUT2D eigenvalue weighted by atomic mass is 32.2. The molecule has 1 fully saturated rings. The van der Waals surface area contributed by atoms with Crippen LogP contribution >= 0.6 is 11.8 Å². The number of anilines is 2. The molecule has 3 aromatic rings. The van der Waals surface area contributed by atoms with Crippen LogP contribution in [0.3, 0.4) is 0 Å². The van der Waals surface area contributed by atoms with Crippen LogP contribution in [0.1, 0.15) is 35.7 Å². The highest BCUT2D eigenvalue weighted by molar-refractivity contribution is 8.01. The van der Waals surface area contributed by atoms with Crippen LogP contribution in [0.2, 0.25) is 0 Å². The van der Waals surface area contributed by atoms with E-state index < -0.39 is 11.3 Å². The Morgan fingerprint density at radius 2 is 2.05 bits per heavy atom. The number of amides is 4. The van der Waals surface area contributed by atoms with Gasteiger partial charge in [-0.2, -0.15) is 0 Å². The lowest BCUT2D eigenvalue weighted by Crippen LogP contribution is -2.53. The molecule has 4 amide bonds. The summed E-state index contributed by atoms with van der Waals surface area (Å²) in [4.78, 5) is 51.4. The standard InChI is InChI=1S/C30H30N6O4S/c1-4-24(37)35-14-6-8-19(16-35)33-28(38)27-26-25-22(12-13-31-29(25)41-27)36(30(39)34-26)21-11-10-20(15-17(21)2)40-23-9-5-7-18(3)32-23/h4-5,7,9-13,15,19,26-27H,1,6,8,14,16H2,2-3H3,(H,33,38)(H,34,39)/t19?,26?,27-/m1/s1. The number of rotatable bonds is 6. The molecule has 0 saturated carbocycles. The summed E-state index contributed by atoms with van der Waals surface area (Å²) in [5.74, 6) is 0.792.